The summed E-state index contributed by atoms with van der Waals surface area (Å²) in [5.41, 5.74) is -1.11. The second kappa shape index (κ2) is 6.13. The highest BCUT2D eigenvalue weighted by Gasteiger charge is 2.29. The van der Waals surface area contributed by atoms with Crippen LogP contribution in [0.4, 0.5) is 11.5 Å². The molecule has 2 N–H and O–H groups in total. The van der Waals surface area contributed by atoms with Crippen LogP contribution in [-0.4, -0.2) is 41.5 Å². The van der Waals surface area contributed by atoms with Crippen LogP contribution in [0.2, 0.25) is 0 Å². The fraction of sp³-hybridized carbons (Fsp3) is 0.545. The topological polar surface area (TPSA) is 119 Å². The van der Waals surface area contributed by atoms with Gasteiger partial charge in [0.1, 0.15) is 6.33 Å². The second-order valence-electron chi connectivity index (χ2n) is 4.65. The van der Waals surface area contributed by atoms with Crippen LogP contribution in [0.15, 0.2) is 6.33 Å². The zero-order chi connectivity index (χ0) is 15.3. The Morgan fingerprint density at radius 3 is 2.65 bits per heavy atom. The molecule has 1 aromatic heterocycles. The van der Waals surface area contributed by atoms with Gasteiger partial charge < -0.3 is 15.4 Å². The van der Waals surface area contributed by atoms with Crippen molar-refractivity contribution in [3.8, 4) is 5.88 Å². The van der Waals surface area contributed by atoms with Gasteiger partial charge in [0.15, 0.2) is 0 Å². The van der Waals surface area contributed by atoms with Crippen LogP contribution in [0.3, 0.4) is 0 Å². The molecule has 0 unspecified atom stereocenters. The Bertz CT molecular complexity index is 518. The van der Waals surface area contributed by atoms with E-state index in [1.54, 1.807) is 13.8 Å². The number of rotatable bonds is 6. The minimum Gasteiger partial charge on any atom is -0.476 e. The molecule has 0 spiro atoms. The lowest BCUT2D eigenvalue weighted by Crippen LogP contribution is -2.39. The molecule has 9 nitrogen and oxygen atoms in total. The van der Waals surface area contributed by atoms with E-state index in [1.165, 1.54) is 14.2 Å². The number of nitrogens with one attached hydrogen (secondary N) is 2. The number of carbonyl (C=O) groups is 1. The van der Waals surface area contributed by atoms with Gasteiger partial charge in [0.25, 0.3) is 5.88 Å². The summed E-state index contributed by atoms with van der Waals surface area (Å²) < 4.78 is 4.84. The standard InChI is InChI=1S/C11H17N5O4/c1-11(2,10(17)12-3)5-13-8-7(16(18)19)9(20-4)15-6-14-8/h6H,5H2,1-4H3,(H,12,17)(H,13,14,15). The molecule has 0 radical (unpaired) electrons. The molecule has 0 fully saturated rings. The van der Waals surface area contributed by atoms with E-state index < -0.39 is 10.3 Å². The van der Waals surface area contributed by atoms with Crippen molar-refractivity contribution in [1.29, 1.82) is 0 Å². The Hall–Kier alpha value is -2.45. The van der Waals surface area contributed by atoms with Crippen molar-refractivity contribution in [1.82, 2.24) is 15.3 Å². The van der Waals surface area contributed by atoms with Gasteiger partial charge in [-0.05, 0) is 13.8 Å². The van der Waals surface area contributed by atoms with E-state index in [0.717, 1.165) is 6.33 Å². The molecule has 0 saturated heterocycles. The third-order valence-corrected chi connectivity index (χ3v) is 2.70. The van der Waals surface area contributed by atoms with Gasteiger partial charge >= 0.3 is 5.69 Å². The number of amides is 1. The Kier molecular flexibility index (Phi) is 4.78. The van der Waals surface area contributed by atoms with Gasteiger partial charge in [0.05, 0.1) is 17.4 Å². The molecule has 110 valence electrons. The number of aromatic nitrogens is 2. The molecule has 1 aromatic rings. The second-order valence-corrected chi connectivity index (χ2v) is 4.65. The molecular formula is C11H17N5O4. The fourth-order valence-electron chi connectivity index (χ4n) is 1.53. The molecule has 20 heavy (non-hydrogen) atoms. The van der Waals surface area contributed by atoms with Gasteiger partial charge in [0, 0.05) is 13.6 Å². The SMILES string of the molecule is CNC(=O)C(C)(C)CNc1ncnc(OC)c1[N+](=O)[O-]. The summed E-state index contributed by atoms with van der Waals surface area (Å²) in [5, 5.41) is 16.4. The monoisotopic (exact) mass is 283 g/mol. The normalized spacial score (nSPS) is 10.8. The minimum atomic E-state index is -0.749. The van der Waals surface area contributed by atoms with Gasteiger partial charge in [-0.15, -0.1) is 0 Å². The summed E-state index contributed by atoms with van der Waals surface area (Å²) in [6, 6.07) is 0. The predicted molar refractivity (Wildman–Crippen MR) is 71.6 cm³/mol. The van der Waals surface area contributed by atoms with Crippen LogP contribution in [0.25, 0.3) is 0 Å². The maximum absolute atomic E-state index is 11.7. The molecule has 0 aliphatic rings. The summed E-state index contributed by atoms with van der Waals surface area (Å²) in [7, 11) is 2.81. The van der Waals surface area contributed by atoms with E-state index in [2.05, 4.69) is 20.6 Å². The van der Waals surface area contributed by atoms with Crippen molar-refractivity contribution in [2.75, 3.05) is 26.0 Å². The molecule has 0 aliphatic carbocycles. The zero-order valence-corrected chi connectivity index (χ0v) is 11.8. The molecule has 0 bridgehead atoms. The molecule has 1 rings (SSSR count). The van der Waals surface area contributed by atoms with Crippen LogP contribution >= 0.6 is 0 Å². The number of nitro groups is 1. The van der Waals surface area contributed by atoms with Gasteiger partial charge in [-0.3, -0.25) is 14.9 Å². The summed E-state index contributed by atoms with van der Waals surface area (Å²) in [6.45, 7) is 3.60. The Labute approximate surface area is 115 Å². The van der Waals surface area contributed by atoms with Gasteiger partial charge in [0.2, 0.25) is 11.7 Å². The Morgan fingerprint density at radius 2 is 2.15 bits per heavy atom. The van der Waals surface area contributed by atoms with Gasteiger partial charge in [-0.1, -0.05) is 0 Å². The Morgan fingerprint density at radius 1 is 1.50 bits per heavy atom. The third-order valence-electron chi connectivity index (χ3n) is 2.70. The van der Waals surface area contributed by atoms with E-state index in [0.29, 0.717) is 0 Å². The number of methoxy groups -OCH3 is 1. The van der Waals surface area contributed by atoms with E-state index in [-0.39, 0.29) is 29.8 Å². The molecule has 0 aliphatic heterocycles. The highest BCUT2D eigenvalue weighted by Crippen LogP contribution is 2.31. The third kappa shape index (κ3) is 3.31. The van der Waals surface area contributed by atoms with Crippen molar-refractivity contribution in [3.05, 3.63) is 16.4 Å². The fourth-order valence-corrected chi connectivity index (χ4v) is 1.53. The largest absolute Gasteiger partial charge is 0.476 e. The van der Waals surface area contributed by atoms with E-state index in [9.17, 15) is 14.9 Å². The first-order valence-corrected chi connectivity index (χ1v) is 5.83. The molecule has 9 heteroatoms. The van der Waals surface area contributed by atoms with Crippen LogP contribution in [-0.2, 0) is 4.79 Å². The molecule has 0 atom stereocenters. The molecule has 0 aromatic carbocycles. The van der Waals surface area contributed by atoms with Gasteiger partial charge in [-0.2, -0.15) is 4.98 Å². The molecule has 0 saturated carbocycles. The average molecular weight is 283 g/mol. The lowest BCUT2D eigenvalue weighted by atomic mass is 9.92. The van der Waals surface area contributed by atoms with Crippen LogP contribution in [0.1, 0.15) is 13.8 Å². The predicted octanol–water partition coefficient (Wildman–Crippen LogP) is 0.577. The van der Waals surface area contributed by atoms with Crippen LogP contribution < -0.4 is 15.4 Å². The number of carbonyl (C=O) groups excluding carboxylic acids is 1. The lowest BCUT2D eigenvalue weighted by Gasteiger charge is -2.22. The molecular weight excluding hydrogens is 266 g/mol. The number of hydrogen-bond donors (Lipinski definition) is 2. The van der Waals surface area contributed by atoms with E-state index >= 15 is 0 Å². The molecule has 1 heterocycles. The summed E-state index contributed by atoms with van der Waals surface area (Å²) in [6.07, 6.45) is 1.15. The molecule has 1 amide bonds. The maximum Gasteiger partial charge on any atom is 0.372 e. The van der Waals surface area contributed by atoms with Crippen molar-refractivity contribution in [2.45, 2.75) is 13.8 Å². The highest BCUT2D eigenvalue weighted by atomic mass is 16.6. The summed E-state index contributed by atoms with van der Waals surface area (Å²) in [5.74, 6) is -0.308. The van der Waals surface area contributed by atoms with Crippen LogP contribution in [0, 0.1) is 15.5 Å². The van der Waals surface area contributed by atoms with Crippen molar-refractivity contribution >= 4 is 17.4 Å². The smallest absolute Gasteiger partial charge is 0.372 e. The highest BCUT2D eigenvalue weighted by molar-refractivity contribution is 5.82. The van der Waals surface area contributed by atoms with Crippen molar-refractivity contribution in [2.24, 2.45) is 5.41 Å². The number of nitrogens with zero attached hydrogens (tertiary/aromatic N) is 3. The first kappa shape index (κ1) is 15.6. The van der Waals surface area contributed by atoms with Crippen LogP contribution in [0.5, 0.6) is 5.88 Å². The van der Waals surface area contributed by atoms with E-state index in [1.807, 2.05) is 0 Å². The van der Waals surface area contributed by atoms with Crippen molar-refractivity contribution in [3.63, 3.8) is 0 Å². The van der Waals surface area contributed by atoms with Crippen molar-refractivity contribution < 1.29 is 14.5 Å². The zero-order valence-electron chi connectivity index (χ0n) is 11.8. The number of ether oxygens (including phenoxy) is 1. The maximum atomic E-state index is 11.7. The quantitative estimate of drug-likeness (QED) is 0.578. The van der Waals surface area contributed by atoms with Gasteiger partial charge in [-0.25, -0.2) is 4.98 Å². The summed E-state index contributed by atoms with van der Waals surface area (Å²) in [4.78, 5) is 29.6. The number of hydrogen-bond acceptors (Lipinski definition) is 7. The summed E-state index contributed by atoms with van der Waals surface area (Å²) >= 11 is 0. The Balaban J connectivity index is 2.99. The first-order chi connectivity index (χ1) is 9.33. The van der Waals surface area contributed by atoms with E-state index in [4.69, 9.17) is 4.74 Å². The first-order valence-electron chi connectivity index (χ1n) is 5.83. The lowest BCUT2D eigenvalue weighted by molar-refractivity contribution is -0.385. The number of anilines is 1. The average Bonchev–Trinajstić information content (AvgIpc) is 2.43. The minimum absolute atomic E-state index is 0.0128.